The maximum Gasteiger partial charge on any atom is 0.276 e. The minimum absolute atomic E-state index is 0.0507. The standard InChI is InChI=1S/C20H18N4O3/c1-23-14-13-21-20(23)19(16-8-3-2-4-9-16)22-18(25)12-11-15-7-5-6-10-17(15)24(26)27/h2-14,19H,1H3,(H,22,25)/b12-11+/t19-/m1/s1. The largest absolute Gasteiger partial charge is 0.339 e. The number of hydrogen-bond donors (Lipinski definition) is 1. The van der Waals surface area contributed by atoms with Crippen LogP contribution in [0.3, 0.4) is 0 Å². The maximum atomic E-state index is 12.5. The average Bonchev–Trinajstić information content (AvgIpc) is 3.11. The molecule has 7 nitrogen and oxygen atoms in total. The summed E-state index contributed by atoms with van der Waals surface area (Å²) in [6.45, 7) is 0. The molecular formula is C20H18N4O3. The summed E-state index contributed by atoms with van der Waals surface area (Å²) in [6.07, 6.45) is 6.20. The van der Waals surface area contributed by atoms with Gasteiger partial charge in [-0.1, -0.05) is 42.5 Å². The molecule has 1 aromatic heterocycles. The number of hydrogen-bond acceptors (Lipinski definition) is 4. The fraction of sp³-hybridized carbons (Fsp3) is 0.100. The van der Waals surface area contributed by atoms with Crippen molar-refractivity contribution in [1.29, 1.82) is 0 Å². The van der Waals surface area contributed by atoms with Crippen LogP contribution in [0.5, 0.6) is 0 Å². The second kappa shape index (κ2) is 8.09. The summed E-state index contributed by atoms with van der Waals surface area (Å²) in [5.41, 5.74) is 1.20. The van der Waals surface area contributed by atoms with Crippen molar-refractivity contribution in [2.45, 2.75) is 6.04 Å². The summed E-state index contributed by atoms with van der Waals surface area (Å²) in [5, 5.41) is 14.0. The molecule has 0 bridgehead atoms. The highest BCUT2D eigenvalue weighted by molar-refractivity contribution is 5.92. The summed E-state index contributed by atoms with van der Waals surface area (Å²) >= 11 is 0. The first-order chi connectivity index (χ1) is 13.1. The molecular weight excluding hydrogens is 344 g/mol. The molecule has 1 amide bonds. The first-order valence-corrected chi connectivity index (χ1v) is 8.30. The molecule has 0 fully saturated rings. The molecule has 0 aliphatic carbocycles. The van der Waals surface area contributed by atoms with Crippen LogP contribution in [0.25, 0.3) is 6.08 Å². The van der Waals surface area contributed by atoms with Gasteiger partial charge in [0, 0.05) is 31.6 Å². The molecule has 136 valence electrons. The number of imidazole rings is 1. The zero-order chi connectivity index (χ0) is 19.2. The number of nitrogens with zero attached hydrogens (tertiary/aromatic N) is 3. The van der Waals surface area contributed by atoms with Gasteiger partial charge in [-0.05, 0) is 17.7 Å². The third kappa shape index (κ3) is 4.27. The lowest BCUT2D eigenvalue weighted by Crippen LogP contribution is -2.29. The Hall–Kier alpha value is -3.74. The molecule has 0 saturated heterocycles. The summed E-state index contributed by atoms with van der Waals surface area (Å²) in [6, 6.07) is 15.3. The van der Waals surface area contributed by atoms with Crippen molar-refractivity contribution < 1.29 is 9.72 Å². The molecule has 7 heteroatoms. The van der Waals surface area contributed by atoms with Gasteiger partial charge in [-0.3, -0.25) is 14.9 Å². The number of amides is 1. The summed E-state index contributed by atoms with van der Waals surface area (Å²) < 4.78 is 1.84. The molecule has 0 unspecified atom stereocenters. The minimum atomic E-state index is -0.474. The molecule has 1 atom stereocenters. The van der Waals surface area contributed by atoms with Crippen molar-refractivity contribution in [1.82, 2.24) is 14.9 Å². The van der Waals surface area contributed by atoms with Crippen LogP contribution in [0.2, 0.25) is 0 Å². The second-order valence-electron chi connectivity index (χ2n) is 5.90. The van der Waals surface area contributed by atoms with Gasteiger partial charge in [0.15, 0.2) is 0 Å². The minimum Gasteiger partial charge on any atom is -0.339 e. The predicted octanol–water partition coefficient (Wildman–Crippen LogP) is 3.25. The fourth-order valence-corrected chi connectivity index (χ4v) is 2.75. The van der Waals surface area contributed by atoms with E-state index in [1.165, 1.54) is 18.2 Å². The molecule has 0 aliphatic rings. The number of aromatic nitrogens is 2. The number of aryl methyl sites for hydroxylation is 1. The number of nitro groups is 1. The summed E-state index contributed by atoms with van der Waals surface area (Å²) in [5.74, 6) is 0.318. The highest BCUT2D eigenvalue weighted by Crippen LogP contribution is 2.21. The Bertz CT molecular complexity index is 980. The van der Waals surface area contributed by atoms with E-state index in [9.17, 15) is 14.9 Å². The molecule has 2 aromatic carbocycles. The number of nitro benzene ring substituents is 1. The van der Waals surface area contributed by atoms with Crippen LogP contribution in [-0.2, 0) is 11.8 Å². The number of carbonyl (C=O) groups is 1. The van der Waals surface area contributed by atoms with Gasteiger partial charge in [0.25, 0.3) is 5.69 Å². The number of nitrogens with one attached hydrogen (secondary N) is 1. The Labute approximate surface area is 156 Å². The Balaban J connectivity index is 1.84. The maximum absolute atomic E-state index is 12.5. The van der Waals surface area contributed by atoms with Crippen LogP contribution in [0, 0.1) is 10.1 Å². The third-order valence-electron chi connectivity index (χ3n) is 4.08. The lowest BCUT2D eigenvalue weighted by Gasteiger charge is -2.18. The molecule has 0 radical (unpaired) electrons. The van der Waals surface area contributed by atoms with Crippen molar-refractivity contribution in [3.05, 3.63) is 100 Å². The van der Waals surface area contributed by atoms with Gasteiger partial charge in [-0.25, -0.2) is 4.98 Å². The Morgan fingerprint density at radius 1 is 1.19 bits per heavy atom. The van der Waals surface area contributed by atoms with Gasteiger partial charge in [-0.15, -0.1) is 0 Å². The highest BCUT2D eigenvalue weighted by Gasteiger charge is 2.19. The Kier molecular flexibility index (Phi) is 5.41. The Morgan fingerprint density at radius 2 is 1.89 bits per heavy atom. The van der Waals surface area contributed by atoms with Gasteiger partial charge < -0.3 is 9.88 Å². The quantitative estimate of drug-likeness (QED) is 0.414. The molecule has 0 aliphatic heterocycles. The van der Waals surface area contributed by atoms with Crippen LogP contribution in [0.15, 0.2) is 73.1 Å². The predicted molar refractivity (Wildman–Crippen MR) is 102 cm³/mol. The van der Waals surface area contributed by atoms with Gasteiger partial charge in [-0.2, -0.15) is 0 Å². The summed E-state index contributed by atoms with van der Waals surface area (Å²) in [4.78, 5) is 27.4. The van der Waals surface area contributed by atoms with Gasteiger partial charge in [0.05, 0.1) is 10.5 Å². The average molecular weight is 362 g/mol. The topological polar surface area (TPSA) is 90.1 Å². The normalized spacial score (nSPS) is 12.0. The van der Waals surface area contributed by atoms with E-state index in [0.29, 0.717) is 11.4 Å². The fourth-order valence-electron chi connectivity index (χ4n) is 2.75. The van der Waals surface area contributed by atoms with Crippen LogP contribution in [-0.4, -0.2) is 20.4 Å². The van der Waals surface area contributed by atoms with Crippen LogP contribution < -0.4 is 5.32 Å². The van der Waals surface area contributed by atoms with E-state index in [1.54, 1.807) is 30.6 Å². The number of para-hydroxylation sites is 1. The van der Waals surface area contributed by atoms with E-state index in [2.05, 4.69) is 10.3 Å². The van der Waals surface area contributed by atoms with E-state index in [1.807, 2.05) is 41.9 Å². The summed E-state index contributed by atoms with van der Waals surface area (Å²) in [7, 11) is 1.85. The first-order valence-electron chi connectivity index (χ1n) is 8.30. The number of rotatable bonds is 6. The van der Waals surface area contributed by atoms with E-state index in [-0.39, 0.29) is 11.6 Å². The zero-order valence-electron chi connectivity index (χ0n) is 14.6. The van der Waals surface area contributed by atoms with Gasteiger partial charge in [0.2, 0.25) is 5.91 Å². The SMILES string of the molecule is Cn1ccnc1[C@H](NC(=O)/C=C/c1ccccc1[N+](=O)[O-])c1ccccc1. The lowest BCUT2D eigenvalue weighted by atomic mass is 10.1. The van der Waals surface area contributed by atoms with Gasteiger partial charge in [0.1, 0.15) is 11.9 Å². The first kappa shape index (κ1) is 18.1. The van der Waals surface area contributed by atoms with E-state index < -0.39 is 11.0 Å². The monoisotopic (exact) mass is 362 g/mol. The molecule has 1 N–H and O–H groups in total. The van der Waals surface area contributed by atoms with Crippen LogP contribution in [0.4, 0.5) is 5.69 Å². The molecule has 3 rings (SSSR count). The van der Waals surface area contributed by atoms with Gasteiger partial charge >= 0.3 is 0 Å². The third-order valence-corrected chi connectivity index (χ3v) is 4.08. The van der Waals surface area contributed by atoms with Crippen molar-refractivity contribution >= 4 is 17.7 Å². The van der Waals surface area contributed by atoms with Crippen molar-refractivity contribution in [2.75, 3.05) is 0 Å². The Morgan fingerprint density at radius 3 is 2.56 bits per heavy atom. The van der Waals surface area contributed by atoms with E-state index in [0.717, 1.165) is 5.56 Å². The van der Waals surface area contributed by atoms with Crippen molar-refractivity contribution in [3.8, 4) is 0 Å². The lowest BCUT2D eigenvalue weighted by molar-refractivity contribution is -0.385. The second-order valence-corrected chi connectivity index (χ2v) is 5.90. The molecule has 0 saturated carbocycles. The number of carbonyl (C=O) groups excluding carboxylic acids is 1. The molecule has 1 heterocycles. The van der Waals surface area contributed by atoms with Crippen LogP contribution in [0.1, 0.15) is 23.0 Å². The van der Waals surface area contributed by atoms with Crippen LogP contribution >= 0.6 is 0 Å². The van der Waals surface area contributed by atoms with Crippen molar-refractivity contribution in [2.24, 2.45) is 7.05 Å². The smallest absolute Gasteiger partial charge is 0.276 e. The number of benzene rings is 2. The molecule has 27 heavy (non-hydrogen) atoms. The highest BCUT2D eigenvalue weighted by atomic mass is 16.6. The van der Waals surface area contributed by atoms with Crippen molar-refractivity contribution in [3.63, 3.8) is 0 Å². The molecule has 3 aromatic rings. The van der Waals surface area contributed by atoms with E-state index in [4.69, 9.17) is 0 Å². The van der Waals surface area contributed by atoms with E-state index >= 15 is 0 Å². The molecule has 0 spiro atoms. The zero-order valence-corrected chi connectivity index (χ0v) is 14.6.